The van der Waals surface area contributed by atoms with Gasteiger partial charge in [-0.15, -0.1) is 5.10 Å². The average Bonchev–Trinajstić information content (AvgIpc) is 3.48. The third kappa shape index (κ3) is 4.00. The monoisotopic (exact) mass is 448 g/mol. The van der Waals surface area contributed by atoms with Crippen LogP contribution in [0.15, 0.2) is 29.0 Å². The van der Waals surface area contributed by atoms with Crippen molar-refractivity contribution in [2.24, 2.45) is 0 Å². The molecule has 1 fully saturated rings. The standard InChI is InChI=1S/C22H21FN8O2/c1-12(2)19-27-21(33-29-19)13-4-7-15(8-5-13)32-22-18-20(25-11-26-22)31(30-28-18)17-9-6-14(24-3)10-16(17)23/h6,9-13,15H,4-5,7-8H2,1-2H3. The largest absolute Gasteiger partial charge is 0.473 e. The first-order valence-corrected chi connectivity index (χ1v) is 10.8. The number of halogens is 1. The molecule has 10 nitrogen and oxygen atoms in total. The molecule has 0 atom stereocenters. The topological polar surface area (TPSA) is 109 Å². The van der Waals surface area contributed by atoms with Crippen LogP contribution < -0.4 is 4.74 Å². The number of ether oxygens (including phenoxy) is 1. The Balaban J connectivity index is 1.32. The van der Waals surface area contributed by atoms with E-state index in [1.807, 2.05) is 13.8 Å². The van der Waals surface area contributed by atoms with Crippen LogP contribution in [0, 0.1) is 12.4 Å². The van der Waals surface area contributed by atoms with E-state index in [0.29, 0.717) is 22.9 Å². The van der Waals surface area contributed by atoms with E-state index in [1.165, 1.54) is 23.1 Å². The van der Waals surface area contributed by atoms with Gasteiger partial charge in [-0.1, -0.05) is 30.3 Å². The molecule has 11 heteroatoms. The van der Waals surface area contributed by atoms with Crippen molar-refractivity contribution in [3.63, 3.8) is 0 Å². The lowest BCUT2D eigenvalue weighted by molar-refractivity contribution is 0.135. The number of fused-ring (bicyclic) bond motifs is 1. The Kier molecular flexibility index (Phi) is 5.42. The van der Waals surface area contributed by atoms with Crippen molar-refractivity contribution in [3.05, 3.63) is 53.5 Å². The zero-order chi connectivity index (χ0) is 22.9. The van der Waals surface area contributed by atoms with Crippen LogP contribution >= 0.6 is 0 Å². The summed E-state index contributed by atoms with van der Waals surface area (Å²) in [7, 11) is 0. The minimum Gasteiger partial charge on any atom is -0.473 e. The Bertz CT molecular complexity index is 1330. The van der Waals surface area contributed by atoms with Gasteiger partial charge < -0.3 is 9.26 Å². The fourth-order valence-corrected chi connectivity index (χ4v) is 3.95. The highest BCUT2D eigenvalue weighted by Crippen LogP contribution is 2.35. The maximum absolute atomic E-state index is 14.5. The third-order valence-electron chi connectivity index (χ3n) is 5.77. The van der Waals surface area contributed by atoms with Gasteiger partial charge >= 0.3 is 0 Å². The van der Waals surface area contributed by atoms with Crippen LogP contribution in [0.4, 0.5) is 10.1 Å². The van der Waals surface area contributed by atoms with Crippen LogP contribution in [0.25, 0.3) is 21.7 Å². The fraction of sp³-hybridized carbons (Fsp3) is 0.409. The highest BCUT2D eigenvalue weighted by atomic mass is 19.1. The summed E-state index contributed by atoms with van der Waals surface area (Å²) >= 11 is 0. The quantitative estimate of drug-likeness (QED) is 0.410. The fourth-order valence-electron chi connectivity index (χ4n) is 3.95. The molecule has 1 aliphatic rings. The number of hydrogen-bond donors (Lipinski definition) is 0. The first-order chi connectivity index (χ1) is 16.0. The number of hydrogen-bond acceptors (Lipinski definition) is 8. The summed E-state index contributed by atoms with van der Waals surface area (Å²) in [6.45, 7) is 11.1. The first-order valence-electron chi connectivity index (χ1n) is 10.8. The molecule has 0 aliphatic heterocycles. The van der Waals surface area contributed by atoms with Crippen molar-refractivity contribution in [1.29, 1.82) is 0 Å². The second kappa shape index (κ2) is 8.54. The maximum Gasteiger partial charge on any atom is 0.247 e. The molecular weight excluding hydrogens is 427 g/mol. The van der Waals surface area contributed by atoms with E-state index in [1.54, 1.807) is 0 Å². The molecule has 0 radical (unpaired) electrons. The van der Waals surface area contributed by atoms with E-state index < -0.39 is 5.82 Å². The Morgan fingerprint density at radius 2 is 2.03 bits per heavy atom. The summed E-state index contributed by atoms with van der Waals surface area (Å²) in [5.74, 6) is 1.60. The van der Waals surface area contributed by atoms with Gasteiger partial charge in [0.25, 0.3) is 0 Å². The lowest BCUT2D eigenvalue weighted by atomic mass is 9.87. The van der Waals surface area contributed by atoms with Gasteiger partial charge in [0.05, 0.1) is 6.57 Å². The van der Waals surface area contributed by atoms with Gasteiger partial charge in [-0.2, -0.15) is 14.6 Å². The molecule has 168 valence electrons. The summed E-state index contributed by atoms with van der Waals surface area (Å²) in [5, 5.41) is 12.2. The van der Waals surface area contributed by atoms with E-state index in [2.05, 4.69) is 35.3 Å². The molecule has 3 heterocycles. The molecule has 33 heavy (non-hydrogen) atoms. The molecule has 0 spiro atoms. The second-order valence-electron chi connectivity index (χ2n) is 8.34. The summed E-state index contributed by atoms with van der Waals surface area (Å²) in [4.78, 5) is 16.2. The van der Waals surface area contributed by atoms with Gasteiger partial charge in [0.15, 0.2) is 22.7 Å². The van der Waals surface area contributed by atoms with Crippen molar-refractivity contribution in [1.82, 2.24) is 35.1 Å². The molecule has 0 unspecified atom stereocenters. The summed E-state index contributed by atoms with van der Waals surface area (Å²) < 4.78 is 27.4. The van der Waals surface area contributed by atoms with Gasteiger partial charge in [0, 0.05) is 11.8 Å². The molecule has 1 aliphatic carbocycles. The van der Waals surface area contributed by atoms with E-state index in [9.17, 15) is 4.39 Å². The van der Waals surface area contributed by atoms with Crippen LogP contribution in [-0.2, 0) is 0 Å². The Labute approximate surface area is 188 Å². The summed E-state index contributed by atoms with van der Waals surface area (Å²) in [6, 6.07) is 4.15. The second-order valence-corrected chi connectivity index (χ2v) is 8.34. The van der Waals surface area contributed by atoms with Crippen LogP contribution in [0.3, 0.4) is 0 Å². The number of nitrogens with zero attached hydrogens (tertiary/aromatic N) is 8. The smallest absolute Gasteiger partial charge is 0.247 e. The van der Waals surface area contributed by atoms with Crippen LogP contribution in [0.1, 0.15) is 63.1 Å². The van der Waals surface area contributed by atoms with Crippen LogP contribution in [-0.4, -0.2) is 41.2 Å². The van der Waals surface area contributed by atoms with Gasteiger partial charge in [0.1, 0.15) is 23.9 Å². The van der Waals surface area contributed by atoms with E-state index in [4.69, 9.17) is 15.8 Å². The summed E-state index contributed by atoms with van der Waals surface area (Å²) in [6.07, 6.45) is 4.63. The third-order valence-corrected chi connectivity index (χ3v) is 5.77. The van der Waals surface area contributed by atoms with Gasteiger partial charge in [-0.3, -0.25) is 0 Å². The number of rotatable bonds is 5. The van der Waals surface area contributed by atoms with Crippen molar-refractivity contribution in [2.45, 2.75) is 57.5 Å². The van der Waals surface area contributed by atoms with E-state index >= 15 is 0 Å². The van der Waals surface area contributed by atoms with Crippen molar-refractivity contribution in [3.8, 4) is 11.6 Å². The minimum absolute atomic E-state index is 0.0494. The van der Waals surface area contributed by atoms with E-state index in [-0.39, 0.29) is 29.3 Å². The normalized spacial score (nSPS) is 18.5. The molecule has 5 rings (SSSR count). The highest BCUT2D eigenvalue weighted by molar-refractivity contribution is 5.76. The first kappa shape index (κ1) is 20.9. The Morgan fingerprint density at radius 1 is 1.21 bits per heavy atom. The highest BCUT2D eigenvalue weighted by Gasteiger charge is 2.29. The van der Waals surface area contributed by atoms with Crippen molar-refractivity contribution in [2.75, 3.05) is 0 Å². The van der Waals surface area contributed by atoms with E-state index in [0.717, 1.165) is 37.6 Å². The molecule has 3 aromatic heterocycles. The molecule has 0 amide bonds. The lowest BCUT2D eigenvalue weighted by Crippen LogP contribution is -2.24. The molecule has 0 saturated heterocycles. The van der Waals surface area contributed by atoms with Crippen LogP contribution in [0.2, 0.25) is 0 Å². The predicted molar refractivity (Wildman–Crippen MR) is 115 cm³/mol. The molecule has 1 saturated carbocycles. The molecule has 0 N–H and O–H groups in total. The Hall–Kier alpha value is -3.94. The average molecular weight is 448 g/mol. The molecule has 0 bridgehead atoms. The van der Waals surface area contributed by atoms with Gasteiger partial charge in [-0.25, -0.2) is 14.2 Å². The minimum atomic E-state index is -0.587. The summed E-state index contributed by atoms with van der Waals surface area (Å²) in [5.41, 5.74) is 1.04. The van der Waals surface area contributed by atoms with Crippen LogP contribution in [0.5, 0.6) is 5.88 Å². The number of aromatic nitrogens is 7. The van der Waals surface area contributed by atoms with Crippen molar-refractivity contribution >= 4 is 16.9 Å². The maximum atomic E-state index is 14.5. The predicted octanol–water partition coefficient (Wildman–Crippen LogP) is 4.51. The van der Waals surface area contributed by atoms with Gasteiger partial charge in [-0.05, 0) is 37.8 Å². The number of benzene rings is 1. The van der Waals surface area contributed by atoms with Crippen molar-refractivity contribution < 1.29 is 13.7 Å². The molecule has 4 aromatic rings. The molecular formula is C22H21FN8O2. The van der Waals surface area contributed by atoms with Gasteiger partial charge in [0.2, 0.25) is 11.8 Å². The lowest BCUT2D eigenvalue weighted by Gasteiger charge is -2.26. The zero-order valence-electron chi connectivity index (χ0n) is 18.1. The Morgan fingerprint density at radius 3 is 2.73 bits per heavy atom. The zero-order valence-corrected chi connectivity index (χ0v) is 18.1. The SMILES string of the molecule is [C-]#[N+]c1ccc(-n2nnc3c(OC4CCC(c5nc(C(C)C)no5)CC4)ncnc32)c(F)c1. The molecule has 1 aromatic carbocycles.